The van der Waals surface area contributed by atoms with Crippen LogP contribution in [0.25, 0.3) is 0 Å². The summed E-state index contributed by atoms with van der Waals surface area (Å²) >= 11 is 3.50. The van der Waals surface area contributed by atoms with Gasteiger partial charge < -0.3 is 5.32 Å². The largest absolute Gasteiger partial charge is 0.367 e. The number of nitrogens with one attached hydrogen (secondary N) is 1. The van der Waals surface area contributed by atoms with Gasteiger partial charge in [0.05, 0.1) is 0 Å². The van der Waals surface area contributed by atoms with E-state index >= 15 is 0 Å². The van der Waals surface area contributed by atoms with Crippen molar-refractivity contribution in [3.05, 3.63) is 16.5 Å². The fourth-order valence-corrected chi connectivity index (χ4v) is 4.86. The molecule has 1 heterocycles. The molecule has 3 nitrogen and oxygen atoms in total. The topological polar surface area (TPSA) is 37.8 Å². The summed E-state index contributed by atoms with van der Waals surface area (Å²) in [5.74, 6) is 6.18. The first-order valence-electron chi connectivity index (χ1n) is 7.44. The average molecular weight is 322 g/mol. The lowest BCUT2D eigenvalue weighted by Crippen LogP contribution is -2.14. The fraction of sp³-hybridized carbons (Fsp3) is 0.733. The summed E-state index contributed by atoms with van der Waals surface area (Å²) < 4.78 is 0.891. The number of rotatable bonds is 3. The van der Waals surface area contributed by atoms with Crippen LogP contribution in [0, 0.1) is 23.7 Å². The van der Waals surface area contributed by atoms with Crippen LogP contribution >= 0.6 is 15.9 Å². The molecule has 4 unspecified atom stereocenters. The third-order valence-electron chi connectivity index (χ3n) is 5.28. The lowest BCUT2D eigenvalue weighted by atomic mass is 10.0. The van der Waals surface area contributed by atoms with Crippen molar-refractivity contribution < 1.29 is 0 Å². The molecule has 0 aromatic carbocycles. The van der Waals surface area contributed by atoms with Crippen molar-refractivity contribution in [2.75, 3.05) is 5.32 Å². The minimum Gasteiger partial charge on any atom is -0.367 e. The summed E-state index contributed by atoms with van der Waals surface area (Å²) in [6.45, 7) is 4.27. The number of hydrogen-bond acceptors (Lipinski definition) is 3. The van der Waals surface area contributed by atoms with Crippen LogP contribution in [0.15, 0.2) is 10.7 Å². The highest BCUT2D eigenvalue weighted by Gasteiger charge is 2.65. The monoisotopic (exact) mass is 321 g/mol. The molecule has 0 spiro atoms. The zero-order valence-electron chi connectivity index (χ0n) is 11.4. The molecule has 1 aromatic rings. The van der Waals surface area contributed by atoms with E-state index in [1.54, 1.807) is 0 Å². The highest BCUT2D eigenvalue weighted by atomic mass is 79.9. The zero-order valence-corrected chi connectivity index (χ0v) is 13.0. The van der Waals surface area contributed by atoms with Crippen LogP contribution in [0.4, 0.5) is 5.82 Å². The Kier molecular flexibility index (Phi) is 2.66. The number of aromatic nitrogens is 2. The van der Waals surface area contributed by atoms with Crippen molar-refractivity contribution >= 4 is 21.7 Å². The first-order valence-corrected chi connectivity index (χ1v) is 8.24. The molecule has 0 amide bonds. The summed E-state index contributed by atoms with van der Waals surface area (Å²) in [4.78, 5) is 9.10. The number of nitrogens with zero attached hydrogens (tertiary/aromatic N) is 2. The fourth-order valence-electron chi connectivity index (χ4n) is 4.46. The second kappa shape index (κ2) is 4.18. The minimum atomic E-state index is 0.368. The van der Waals surface area contributed by atoms with E-state index in [1.807, 2.05) is 6.07 Å². The molecule has 0 aliphatic heterocycles. The lowest BCUT2D eigenvalue weighted by Gasteiger charge is -2.13. The van der Waals surface area contributed by atoms with E-state index in [1.165, 1.54) is 19.3 Å². The van der Waals surface area contributed by atoms with E-state index in [2.05, 4.69) is 45.1 Å². The smallest absolute Gasteiger partial charge is 0.134 e. The van der Waals surface area contributed by atoms with Gasteiger partial charge in [0.15, 0.2) is 0 Å². The summed E-state index contributed by atoms with van der Waals surface area (Å²) in [7, 11) is 0. The first kappa shape index (κ1) is 12.1. The van der Waals surface area contributed by atoms with Gasteiger partial charge in [-0.15, -0.1) is 0 Å². The van der Waals surface area contributed by atoms with Gasteiger partial charge in [0.2, 0.25) is 0 Å². The van der Waals surface area contributed by atoms with Crippen molar-refractivity contribution in [3.8, 4) is 0 Å². The number of fused-ring (bicyclic) bond motifs is 5. The summed E-state index contributed by atoms with van der Waals surface area (Å²) in [5.41, 5.74) is 0. The van der Waals surface area contributed by atoms with Gasteiger partial charge in [-0.25, -0.2) is 9.97 Å². The number of hydrogen-bond donors (Lipinski definition) is 1. The molecule has 1 aromatic heterocycles. The normalized spacial score (nSPS) is 38.6. The van der Waals surface area contributed by atoms with Crippen LogP contribution in [0.1, 0.15) is 44.9 Å². The molecule has 1 N–H and O–H groups in total. The van der Waals surface area contributed by atoms with Crippen LogP contribution < -0.4 is 5.32 Å². The Bertz CT molecular complexity index is 500. The predicted octanol–water partition coefficient (Wildman–Crippen LogP) is 3.82. The van der Waals surface area contributed by atoms with Crippen LogP contribution in [0.2, 0.25) is 0 Å². The summed E-state index contributed by atoms with van der Waals surface area (Å²) in [6, 6.07) is 2.70. The molecule has 0 radical (unpaired) electrons. The summed E-state index contributed by atoms with van der Waals surface area (Å²) in [5, 5.41) is 3.67. The minimum absolute atomic E-state index is 0.368. The molecule has 2 bridgehead atoms. The van der Waals surface area contributed by atoms with Crippen molar-refractivity contribution in [3.63, 3.8) is 0 Å². The molecule has 19 heavy (non-hydrogen) atoms. The van der Waals surface area contributed by atoms with Gasteiger partial charge in [0.25, 0.3) is 0 Å². The lowest BCUT2D eigenvalue weighted by molar-refractivity contribution is 0.456. The molecule has 102 valence electrons. The highest BCUT2D eigenvalue weighted by molar-refractivity contribution is 9.10. The van der Waals surface area contributed by atoms with Gasteiger partial charge in [0, 0.05) is 18.0 Å². The molecule has 4 rings (SSSR count). The Morgan fingerprint density at radius 3 is 2.53 bits per heavy atom. The van der Waals surface area contributed by atoms with Gasteiger partial charge in [-0.1, -0.05) is 13.8 Å². The van der Waals surface area contributed by atoms with E-state index in [0.717, 1.165) is 39.9 Å². The van der Waals surface area contributed by atoms with E-state index in [0.29, 0.717) is 12.0 Å². The Labute approximate surface area is 122 Å². The van der Waals surface area contributed by atoms with Gasteiger partial charge in [-0.3, -0.25) is 0 Å². The molecular weight excluding hydrogens is 302 g/mol. The maximum Gasteiger partial charge on any atom is 0.134 e. The van der Waals surface area contributed by atoms with Crippen LogP contribution in [0.3, 0.4) is 0 Å². The van der Waals surface area contributed by atoms with E-state index < -0.39 is 0 Å². The maximum absolute atomic E-state index is 4.66. The maximum atomic E-state index is 4.66. The van der Waals surface area contributed by atoms with E-state index in [4.69, 9.17) is 0 Å². The van der Waals surface area contributed by atoms with Crippen LogP contribution in [-0.2, 0) is 0 Å². The Morgan fingerprint density at radius 2 is 1.89 bits per heavy atom. The standard InChI is InChI=1S/C15H20BrN3/c1-7(2)15-17-10(16)6-11(19-15)18-14-12-8-3-4-9(5-8)13(12)14/h6-9,12-14H,3-5H2,1-2H3,(H,17,18,19). The van der Waals surface area contributed by atoms with E-state index in [-0.39, 0.29) is 0 Å². The Morgan fingerprint density at radius 1 is 1.21 bits per heavy atom. The highest BCUT2D eigenvalue weighted by Crippen LogP contribution is 2.66. The van der Waals surface area contributed by atoms with Gasteiger partial charge in [0.1, 0.15) is 16.2 Å². The third kappa shape index (κ3) is 1.91. The molecule has 4 atom stereocenters. The average Bonchev–Trinajstić information content (AvgIpc) is 2.77. The van der Waals surface area contributed by atoms with Gasteiger partial charge in [-0.05, 0) is 58.9 Å². The van der Waals surface area contributed by atoms with E-state index in [9.17, 15) is 0 Å². The van der Waals surface area contributed by atoms with Crippen molar-refractivity contribution in [1.29, 1.82) is 0 Å². The van der Waals surface area contributed by atoms with Crippen LogP contribution in [0.5, 0.6) is 0 Å². The molecule has 3 aliphatic rings. The number of halogens is 1. The van der Waals surface area contributed by atoms with Gasteiger partial charge >= 0.3 is 0 Å². The van der Waals surface area contributed by atoms with Crippen molar-refractivity contribution in [1.82, 2.24) is 9.97 Å². The Hall–Kier alpha value is -0.640. The third-order valence-corrected chi connectivity index (χ3v) is 5.68. The second-order valence-electron chi connectivity index (χ2n) is 6.75. The van der Waals surface area contributed by atoms with Gasteiger partial charge in [-0.2, -0.15) is 0 Å². The molecule has 3 saturated carbocycles. The second-order valence-corrected chi connectivity index (χ2v) is 7.56. The molecular formula is C15H20BrN3. The predicted molar refractivity (Wildman–Crippen MR) is 79.0 cm³/mol. The quantitative estimate of drug-likeness (QED) is 0.860. The van der Waals surface area contributed by atoms with Crippen molar-refractivity contribution in [2.24, 2.45) is 23.7 Å². The zero-order chi connectivity index (χ0) is 13.1. The van der Waals surface area contributed by atoms with Crippen molar-refractivity contribution in [2.45, 2.75) is 45.1 Å². The molecule has 0 saturated heterocycles. The molecule has 3 aliphatic carbocycles. The summed E-state index contributed by atoms with van der Waals surface area (Å²) in [6.07, 6.45) is 4.43. The number of anilines is 1. The Balaban J connectivity index is 1.52. The first-order chi connectivity index (χ1) is 9.13. The molecule has 3 fully saturated rings. The van der Waals surface area contributed by atoms with Crippen LogP contribution in [-0.4, -0.2) is 16.0 Å². The molecule has 4 heteroatoms. The SMILES string of the molecule is CC(C)c1nc(Br)cc(NC2C3C4CCC(C4)C23)n1.